The molecule has 1 heterocycles. The Balaban J connectivity index is 1.75. The van der Waals surface area contributed by atoms with Crippen LogP contribution in [0.25, 0.3) is 0 Å². The fourth-order valence-corrected chi connectivity index (χ4v) is 5.22. The molecular weight excluding hydrogens is 482 g/mol. The molecule has 8 heteroatoms. The highest BCUT2D eigenvalue weighted by atomic mass is 35.5. The predicted octanol–water partition coefficient (Wildman–Crippen LogP) is 5.62. The zero-order chi connectivity index (χ0) is 26.2. The maximum absolute atomic E-state index is 13.5. The summed E-state index contributed by atoms with van der Waals surface area (Å²) in [7, 11) is 3.00. The van der Waals surface area contributed by atoms with Gasteiger partial charge in [-0.25, -0.2) is 0 Å². The van der Waals surface area contributed by atoms with Crippen molar-refractivity contribution < 1.29 is 28.9 Å². The summed E-state index contributed by atoms with van der Waals surface area (Å²) in [6.45, 7) is 5.90. The van der Waals surface area contributed by atoms with Crippen LogP contribution in [0.2, 0.25) is 5.02 Å². The first-order valence-corrected chi connectivity index (χ1v) is 12.1. The van der Waals surface area contributed by atoms with Gasteiger partial charge in [-0.1, -0.05) is 37.6 Å². The number of hydrogen-bond donors (Lipinski definition) is 1. The Morgan fingerprint density at radius 1 is 1.14 bits per heavy atom. The lowest BCUT2D eigenvalue weighted by molar-refractivity contribution is -0.148. The van der Waals surface area contributed by atoms with Crippen LogP contribution in [-0.4, -0.2) is 36.8 Å². The summed E-state index contributed by atoms with van der Waals surface area (Å²) in [6, 6.07) is 10.4. The van der Waals surface area contributed by atoms with Crippen LogP contribution in [0.5, 0.6) is 17.2 Å². The summed E-state index contributed by atoms with van der Waals surface area (Å²) >= 11 is 6.32. The molecule has 0 fully saturated rings. The van der Waals surface area contributed by atoms with Crippen LogP contribution in [0.15, 0.2) is 52.7 Å². The van der Waals surface area contributed by atoms with Crippen molar-refractivity contribution in [1.82, 2.24) is 0 Å². The zero-order valence-corrected chi connectivity index (χ0v) is 21.8. The van der Waals surface area contributed by atoms with E-state index in [4.69, 9.17) is 30.8 Å². The molecule has 0 spiro atoms. The van der Waals surface area contributed by atoms with Crippen LogP contribution in [0, 0.1) is 11.3 Å². The smallest absolute Gasteiger partial charge is 0.315 e. The van der Waals surface area contributed by atoms with Gasteiger partial charge in [0.25, 0.3) is 0 Å². The summed E-state index contributed by atoms with van der Waals surface area (Å²) in [5.74, 6) is -1.39. The molecule has 0 saturated carbocycles. The number of ketones is 1. The number of carbonyl (C=O) groups excluding carboxylic acids is 2. The topological polar surface area (TPSA) is 94.4 Å². The minimum Gasteiger partial charge on any atom is -0.503 e. The van der Waals surface area contributed by atoms with Crippen molar-refractivity contribution in [3.8, 4) is 17.2 Å². The fraction of sp³-hybridized carbons (Fsp3) is 0.393. The lowest BCUT2D eigenvalue weighted by Gasteiger charge is -2.39. The van der Waals surface area contributed by atoms with E-state index in [0.717, 1.165) is 5.56 Å². The largest absolute Gasteiger partial charge is 0.503 e. The van der Waals surface area contributed by atoms with E-state index in [1.54, 1.807) is 38.3 Å². The monoisotopic (exact) mass is 511 g/mol. The van der Waals surface area contributed by atoms with Gasteiger partial charge < -0.3 is 19.3 Å². The molecule has 2 aromatic carbocycles. The van der Waals surface area contributed by atoms with Gasteiger partial charge in [0.15, 0.2) is 17.3 Å². The number of phenolic OH excluding ortho intramolecular Hbond substituents is 1. The molecule has 2 aliphatic rings. The first-order valence-electron chi connectivity index (χ1n) is 11.7. The number of carbonyl (C=O) groups is 2. The molecule has 0 radical (unpaired) electrons. The summed E-state index contributed by atoms with van der Waals surface area (Å²) in [5, 5.41) is 10.4. The maximum Gasteiger partial charge on any atom is 0.315 e. The molecule has 4 rings (SSSR count). The SMILES string of the molecule is COc1ccc(COC(=O)C2C(C)=NC3=C(C(=O)CC(C)(C)C3)[C@@H]2c2cc(Cl)c(O)c(OC)c2)cc1. The van der Waals surface area contributed by atoms with Gasteiger partial charge >= 0.3 is 5.97 Å². The van der Waals surface area contributed by atoms with Crippen molar-refractivity contribution >= 4 is 29.1 Å². The highest BCUT2D eigenvalue weighted by Crippen LogP contribution is 2.49. The summed E-state index contributed by atoms with van der Waals surface area (Å²) in [6.07, 6.45) is 0.950. The normalized spacial score (nSPS) is 20.9. The van der Waals surface area contributed by atoms with Crippen molar-refractivity contribution in [2.75, 3.05) is 14.2 Å². The van der Waals surface area contributed by atoms with Gasteiger partial charge in [-0.15, -0.1) is 0 Å². The number of ether oxygens (including phenoxy) is 3. The average Bonchev–Trinajstić information content (AvgIpc) is 2.82. The number of aliphatic imine (C=N–C) groups is 1. The number of benzene rings is 2. The molecule has 1 N–H and O–H groups in total. The standard InChI is InChI=1S/C28H30ClNO6/c1-15-23(27(33)36-14-16-6-8-18(34-4)9-7-16)24(17-10-19(29)26(32)22(11-17)35-5)25-20(30-15)12-28(2,3)13-21(25)31/h6-11,23-24,32H,12-14H2,1-5H3/t23?,24-/m1/s1. The average molecular weight is 512 g/mol. The molecule has 0 aromatic heterocycles. The molecule has 0 amide bonds. The summed E-state index contributed by atoms with van der Waals surface area (Å²) in [4.78, 5) is 31.7. The number of allylic oxidation sites excluding steroid dienone is 2. The molecule has 7 nitrogen and oxygen atoms in total. The van der Waals surface area contributed by atoms with Crippen molar-refractivity contribution in [1.29, 1.82) is 0 Å². The first-order chi connectivity index (χ1) is 17.0. The molecule has 2 atom stereocenters. The van der Waals surface area contributed by atoms with Crippen LogP contribution in [-0.2, 0) is 20.9 Å². The van der Waals surface area contributed by atoms with Crippen molar-refractivity contribution in [3.05, 3.63) is 63.8 Å². The number of Topliss-reactive ketones (excluding diaryl/α,β-unsaturated/α-hetero) is 1. The van der Waals surface area contributed by atoms with Crippen molar-refractivity contribution in [3.63, 3.8) is 0 Å². The van der Waals surface area contributed by atoms with E-state index in [-0.39, 0.29) is 34.3 Å². The quantitative estimate of drug-likeness (QED) is 0.505. The van der Waals surface area contributed by atoms with Gasteiger partial charge in [-0.2, -0.15) is 0 Å². The van der Waals surface area contributed by atoms with E-state index in [1.807, 2.05) is 26.0 Å². The van der Waals surface area contributed by atoms with Crippen LogP contribution in [0.4, 0.5) is 0 Å². The van der Waals surface area contributed by atoms with Gasteiger partial charge in [0, 0.05) is 29.3 Å². The third-order valence-corrected chi connectivity index (χ3v) is 7.01. The number of aromatic hydroxyl groups is 1. The van der Waals surface area contributed by atoms with Gasteiger partial charge in [0.05, 0.1) is 19.2 Å². The number of hydrogen-bond acceptors (Lipinski definition) is 7. The highest BCUT2D eigenvalue weighted by molar-refractivity contribution is 6.32. The molecule has 190 valence electrons. The minimum atomic E-state index is -0.836. The van der Waals surface area contributed by atoms with E-state index in [0.29, 0.717) is 41.1 Å². The predicted molar refractivity (Wildman–Crippen MR) is 137 cm³/mol. The zero-order valence-electron chi connectivity index (χ0n) is 21.1. The molecule has 0 saturated heterocycles. The number of phenols is 1. The van der Waals surface area contributed by atoms with E-state index in [1.165, 1.54) is 7.11 Å². The Labute approximate surface area is 215 Å². The Morgan fingerprint density at radius 2 is 1.83 bits per heavy atom. The fourth-order valence-electron chi connectivity index (χ4n) is 5.01. The van der Waals surface area contributed by atoms with Crippen LogP contribution < -0.4 is 9.47 Å². The van der Waals surface area contributed by atoms with Gasteiger partial charge in [0.1, 0.15) is 18.3 Å². The molecule has 1 aliphatic carbocycles. The molecular formula is C28H30ClNO6. The lowest BCUT2D eigenvalue weighted by atomic mass is 9.67. The third kappa shape index (κ3) is 4.98. The second kappa shape index (κ2) is 9.97. The van der Waals surface area contributed by atoms with Crippen molar-refractivity contribution in [2.45, 2.75) is 46.1 Å². The second-order valence-electron chi connectivity index (χ2n) is 10.0. The number of methoxy groups -OCH3 is 2. The van der Waals surface area contributed by atoms with Crippen LogP contribution in [0.1, 0.15) is 50.7 Å². The number of rotatable bonds is 6. The molecule has 1 aliphatic heterocycles. The van der Waals surface area contributed by atoms with Gasteiger partial charge in [0.2, 0.25) is 0 Å². The first kappa shape index (κ1) is 25.8. The Kier molecular flexibility index (Phi) is 7.14. The van der Waals surface area contributed by atoms with E-state index >= 15 is 0 Å². The minimum absolute atomic E-state index is 0.0568. The van der Waals surface area contributed by atoms with E-state index < -0.39 is 17.8 Å². The maximum atomic E-state index is 13.5. The lowest BCUT2D eigenvalue weighted by Crippen LogP contribution is -2.39. The summed E-state index contributed by atoms with van der Waals surface area (Å²) in [5.41, 5.74) is 2.88. The Morgan fingerprint density at radius 3 is 2.47 bits per heavy atom. The molecule has 0 bridgehead atoms. The van der Waals surface area contributed by atoms with Gasteiger partial charge in [-0.05, 0) is 54.2 Å². The summed E-state index contributed by atoms with van der Waals surface area (Å²) < 4.78 is 16.2. The Bertz CT molecular complexity index is 1260. The van der Waals surface area contributed by atoms with E-state index in [9.17, 15) is 14.7 Å². The molecule has 2 aromatic rings. The third-order valence-electron chi connectivity index (χ3n) is 6.73. The molecule has 1 unspecified atom stereocenters. The van der Waals surface area contributed by atoms with Crippen LogP contribution >= 0.6 is 11.6 Å². The van der Waals surface area contributed by atoms with E-state index in [2.05, 4.69) is 0 Å². The second-order valence-corrected chi connectivity index (χ2v) is 10.4. The van der Waals surface area contributed by atoms with Crippen LogP contribution in [0.3, 0.4) is 0 Å². The number of esters is 1. The van der Waals surface area contributed by atoms with Gasteiger partial charge in [-0.3, -0.25) is 14.6 Å². The Hall–Kier alpha value is -3.32. The number of halogens is 1. The highest BCUT2D eigenvalue weighted by Gasteiger charge is 2.46. The number of nitrogens with zero attached hydrogens (tertiary/aromatic N) is 1. The van der Waals surface area contributed by atoms with Crippen molar-refractivity contribution in [2.24, 2.45) is 16.3 Å². The molecule has 36 heavy (non-hydrogen) atoms.